The molecule has 1 atom stereocenters. The first kappa shape index (κ1) is 23.7. The molecule has 1 aliphatic heterocycles. The van der Waals surface area contributed by atoms with Gasteiger partial charge in [-0.05, 0) is 49.4 Å². The van der Waals surface area contributed by atoms with E-state index in [0.29, 0.717) is 22.8 Å². The number of aromatic carboxylic acids is 1. The SMILES string of the molecule is C[C@@H](Nc1ccccc1C(=O)O)c1cc(C2CC2)cn2c(=O)c(C#N)c(N3CCC(F)(F)CC3)nc12. The summed E-state index contributed by atoms with van der Waals surface area (Å²) in [6, 6.07) is 9.99. The number of carboxylic acids is 1. The Bertz CT molecular complexity index is 1450. The lowest BCUT2D eigenvalue weighted by Crippen LogP contribution is -2.41. The van der Waals surface area contributed by atoms with Gasteiger partial charge in [-0.2, -0.15) is 5.26 Å². The molecular formula is C26H25F2N5O3. The number of alkyl halides is 2. The highest BCUT2D eigenvalue weighted by Gasteiger charge is 2.36. The third kappa shape index (κ3) is 4.37. The second-order valence-corrected chi connectivity index (χ2v) is 9.48. The molecule has 36 heavy (non-hydrogen) atoms. The molecule has 10 heteroatoms. The quantitative estimate of drug-likeness (QED) is 0.518. The lowest BCUT2D eigenvalue weighted by molar-refractivity contribution is -0.0221. The van der Waals surface area contributed by atoms with E-state index in [0.717, 1.165) is 18.4 Å². The third-order valence-electron chi connectivity index (χ3n) is 6.91. The Labute approximate surface area is 205 Å². The zero-order chi connectivity index (χ0) is 25.6. The number of fused-ring (bicyclic) bond motifs is 1. The van der Waals surface area contributed by atoms with Crippen LogP contribution in [0.15, 0.2) is 41.3 Å². The Balaban J connectivity index is 1.64. The van der Waals surface area contributed by atoms with Crippen LogP contribution in [-0.2, 0) is 0 Å². The summed E-state index contributed by atoms with van der Waals surface area (Å²) in [6.07, 6.45) is 2.93. The van der Waals surface area contributed by atoms with Crippen molar-refractivity contribution in [3.05, 3.63) is 69.1 Å². The van der Waals surface area contributed by atoms with Gasteiger partial charge in [0.05, 0.1) is 11.6 Å². The summed E-state index contributed by atoms with van der Waals surface area (Å²) in [4.78, 5) is 31.4. The Morgan fingerprint density at radius 3 is 2.61 bits per heavy atom. The lowest BCUT2D eigenvalue weighted by Gasteiger charge is -2.33. The molecule has 0 amide bonds. The minimum absolute atomic E-state index is 0.0143. The van der Waals surface area contributed by atoms with E-state index in [1.165, 1.54) is 10.5 Å². The average molecular weight is 494 g/mol. The molecule has 3 aromatic rings. The largest absolute Gasteiger partial charge is 0.478 e. The van der Waals surface area contributed by atoms with Gasteiger partial charge >= 0.3 is 5.97 Å². The number of pyridine rings is 1. The molecule has 5 rings (SSSR count). The lowest BCUT2D eigenvalue weighted by atomic mass is 10.0. The van der Waals surface area contributed by atoms with Crippen molar-refractivity contribution in [3.63, 3.8) is 0 Å². The molecule has 0 bridgehead atoms. The summed E-state index contributed by atoms with van der Waals surface area (Å²) in [5.41, 5.74) is 1.72. The van der Waals surface area contributed by atoms with Crippen LogP contribution in [-0.4, -0.2) is 39.5 Å². The van der Waals surface area contributed by atoms with Crippen molar-refractivity contribution in [3.8, 4) is 6.07 Å². The monoisotopic (exact) mass is 493 g/mol. The van der Waals surface area contributed by atoms with Crippen LogP contribution in [0.25, 0.3) is 5.65 Å². The Kier molecular flexibility index (Phi) is 5.86. The first-order valence-electron chi connectivity index (χ1n) is 11.9. The van der Waals surface area contributed by atoms with Gasteiger partial charge in [0.1, 0.15) is 11.7 Å². The molecule has 2 aliphatic rings. The van der Waals surface area contributed by atoms with E-state index in [9.17, 15) is 28.7 Å². The van der Waals surface area contributed by atoms with Gasteiger partial charge < -0.3 is 15.3 Å². The number of nitriles is 1. The van der Waals surface area contributed by atoms with Crippen LogP contribution < -0.4 is 15.8 Å². The highest BCUT2D eigenvalue weighted by Crippen LogP contribution is 2.41. The molecule has 1 saturated heterocycles. The molecule has 2 fully saturated rings. The van der Waals surface area contributed by atoms with E-state index >= 15 is 0 Å². The Morgan fingerprint density at radius 2 is 1.97 bits per heavy atom. The molecule has 3 heterocycles. The highest BCUT2D eigenvalue weighted by molar-refractivity contribution is 5.94. The van der Waals surface area contributed by atoms with Gasteiger partial charge in [-0.1, -0.05) is 12.1 Å². The van der Waals surface area contributed by atoms with E-state index in [2.05, 4.69) is 10.3 Å². The zero-order valence-corrected chi connectivity index (χ0v) is 19.7. The number of para-hydroxylation sites is 1. The number of carboxylic acid groups (broad SMARTS) is 1. The number of hydrogen-bond acceptors (Lipinski definition) is 6. The van der Waals surface area contributed by atoms with Crippen LogP contribution in [0.3, 0.4) is 0 Å². The maximum Gasteiger partial charge on any atom is 0.337 e. The molecule has 0 spiro atoms. The predicted octanol–water partition coefficient (Wildman–Crippen LogP) is 4.55. The number of benzene rings is 1. The molecule has 0 unspecified atom stereocenters. The van der Waals surface area contributed by atoms with Crippen molar-refractivity contribution in [2.45, 2.75) is 50.5 Å². The smallest absolute Gasteiger partial charge is 0.337 e. The molecule has 2 aromatic heterocycles. The van der Waals surface area contributed by atoms with E-state index in [1.54, 1.807) is 29.3 Å². The van der Waals surface area contributed by atoms with Gasteiger partial charge in [0, 0.05) is 43.4 Å². The number of halogens is 2. The van der Waals surface area contributed by atoms with Crippen LogP contribution in [0.5, 0.6) is 0 Å². The molecule has 8 nitrogen and oxygen atoms in total. The predicted molar refractivity (Wildman–Crippen MR) is 130 cm³/mol. The summed E-state index contributed by atoms with van der Waals surface area (Å²) in [6.45, 7) is 1.81. The summed E-state index contributed by atoms with van der Waals surface area (Å²) in [5.74, 6) is -3.45. The van der Waals surface area contributed by atoms with Gasteiger partial charge in [0.2, 0.25) is 0 Å². The second kappa shape index (κ2) is 8.90. The van der Waals surface area contributed by atoms with Crippen molar-refractivity contribution in [2.24, 2.45) is 0 Å². The fourth-order valence-corrected chi connectivity index (χ4v) is 4.71. The number of piperidine rings is 1. The number of anilines is 2. The zero-order valence-electron chi connectivity index (χ0n) is 19.7. The number of aromatic nitrogens is 2. The van der Waals surface area contributed by atoms with Crippen molar-refractivity contribution in [2.75, 3.05) is 23.3 Å². The Hall–Kier alpha value is -4.00. The summed E-state index contributed by atoms with van der Waals surface area (Å²) >= 11 is 0. The maximum atomic E-state index is 13.8. The first-order chi connectivity index (χ1) is 17.2. The second-order valence-electron chi connectivity index (χ2n) is 9.48. The molecule has 2 N–H and O–H groups in total. The van der Waals surface area contributed by atoms with Crippen molar-refractivity contribution in [1.82, 2.24) is 9.38 Å². The van der Waals surface area contributed by atoms with Crippen molar-refractivity contribution >= 4 is 23.1 Å². The van der Waals surface area contributed by atoms with Gasteiger partial charge in [-0.3, -0.25) is 9.20 Å². The minimum Gasteiger partial charge on any atom is -0.478 e. The van der Waals surface area contributed by atoms with Gasteiger partial charge in [0.15, 0.2) is 11.4 Å². The fraction of sp³-hybridized carbons (Fsp3) is 0.385. The number of hydrogen-bond donors (Lipinski definition) is 2. The number of carbonyl (C=O) groups is 1. The van der Waals surface area contributed by atoms with Gasteiger partial charge in [0.25, 0.3) is 11.5 Å². The number of nitrogens with one attached hydrogen (secondary N) is 1. The summed E-state index contributed by atoms with van der Waals surface area (Å²) < 4.78 is 28.9. The maximum absolute atomic E-state index is 13.8. The van der Waals surface area contributed by atoms with E-state index in [-0.39, 0.29) is 42.9 Å². The fourth-order valence-electron chi connectivity index (χ4n) is 4.71. The first-order valence-corrected chi connectivity index (χ1v) is 11.9. The normalized spacial score (nSPS) is 18.0. The standard InChI is InChI=1S/C26H25F2N5O3/c1-15(30-21-5-3-2-4-18(21)25(35)36)19-12-17(16-6-7-16)14-33-23(19)31-22(20(13-29)24(33)34)32-10-8-26(27,28)9-11-32/h2-5,12,14-16,30H,6-11H2,1H3,(H,35,36)/t15-/m1/s1. The van der Waals surface area contributed by atoms with Crippen LogP contribution in [0, 0.1) is 11.3 Å². The molecule has 186 valence electrons. The highest BCUT2D eigenvalue weighted by atomic mass is 19.3. The number of nitrogens with zero attached hydrogens (tertiary/aromatic N) is 4. The van der Waals surface area contributed by atoms with E-state index < -0.39 is 23.5 Å². The topological polar surface area (TPSA) is 111 Å². The van der Waals surface area contributed by atoms with Crippen molar-refractivity contribution in [1.29, 1.82) is 5.26 Å². The van der Waals surface area contributed by atoms with Crippen LogP contribution in [0.1, 0.15) is 71.6 Å². The van der Waals surface area contributed by atoms with Crippen LogP contribution in [0.4, 0.5) is 20.3 Å². The van der Waals surface area contributed by atoms with Crippen LogP contribution >= 0.6 is 0 Å². The molecule has 1 aliphatic carbocycles. The Morgan fingerprint density at radius 1 is 1.28 bits per heavy atom. The van der Waals surface area contributed by atoms with Crippen molar-refractivity contribution < 1.29 is 18.7 Å². The van der Waals surface area contributed by atoms with Gasteiger partial charge in [-0.25, -0.2) is 18.6 Å². The third-order valence-corrected chi connectivity index (χ3v) is 6.91. The number of rotatable bonds is 6. The summed E-state index contributed by atoms with van der Waals surface area (Å²) in [5, 5.41) is 22.6. The van der Waals surface area contributed by atoms with E-state index in [1.807, 2.05) is 19.1 Å². The van der Waals surface area contributed by atoms with Crippen LogP contribution in [0.2, 0.25) is 0 Å². The average Bonchev–Trinajstić information content (AvgIpc) is 3.69. The molecular weight excluding hydrogens is 468 g/mol. The van der Waals surface area contributed by atoms with E-state index in [4.69, 9.17) is 0 Å². The summed E-state index contributed by atoms with van der Waals surface area (Å²) in [7, 11) is 0. The minimum atomic E-state index is -2.78. The molecule has 0 radical (unpaired) electrons. The molecule has 1 saturated carbocycles. The van der Waals surface area contributed by atoms with Gasteiger partial charge in [-0.15, -0.1) is 0 Å². The molecule has 1 aromatic carbocycles.